The van der Waals surface area contributed by atoms with Crippen LogP contribution in [0.15, 0.2) is 36.5 Å². The number of carbonyl (C=O) groups is 2. The average molecular weight is 309 g/mol. The second-order valence-corrected chi connectivity index (χ2v) is 5.45. The molecule has 0 aliphatic carbocycles. The van der Waals surface area contributed by atoms with E-state index in [0.717, 1.165) is 4.88 Å². The van der Waals surface area contributed by atoms with Crippen molar-refractivity contribution in [1.82, 2.24) is 4.98 Å². The first kappa shape index (κ1) is 14.2. The first-order valence-electron chi connectivity index (χ1n) is 5.48. The molecule has 2 aromatic heterocycles. The van der Waals surface area contributed by atoms with Gasteiger partial charge in [0, 0.05) is 17.2 Å². The van der Waals surface area contributed by atoms with Crippen LogP contribution in [0, 0.1) is 0 Å². The third kappa shape index (κ3) is 3.91. The van der Waals surface area contributed by atoms with Crippen molar-refractivity contribution in [3.8, 4) is 0 Å². The van der Waals surface area contributed by atoms with E-state index < -0.39 is 5.97 Å². The Balaban J connectivity index is 1.97. The largest absolute Gasteiger partial charge is 0.478 e. The molecular formula is C13H9ClN2O3S. The molecule has 0 aliphatic heterocycles. The van der Waals surface area contributed by atoms with Crippen molar-refractivity contribution in [2.75, 3.05) is 5.32 Å². The molecule has 2 heterocycles. The summed E-state index contributed by atoms with van der Waals surface area (Å²) in [6, 6.07) is 6.34. The van der Waals surface area contributed by atoms with Crippen molar-refractivity contribution in [2.45, 2.75) is 0 Å². The highest BCUT2D eigenvalue weighted by molar-refractivity contribution is 7.17. The first-order valence-corrected chi connectivity index (χ1v) is 6.68. The first-order chi connectivity index (χ1) is 9.54. The minimum atomic E-state index is -1.06. The van der Waals surface area contributed by atoms with Crippen molar-refractivity contribution >= 4 is 46.7 Å². The van der Waals surface area contributed by atoms with Gasteiger partial charge in [0.25, 0.3) is 0 Å². The van der Waals surface area contributed by atoms with Gasteiger partial charge in [0.2, 0.25) is 5.91 Å². The Labute approximate surface area is 123 Å². The molecule has 0 unspecified atom stereocenters. The van der Waals surface area contributed by atoms with E-state index in [1.807, 2.05) is 0 Å². The number of hydrogen-bond acceptors (Lipinski definition) is 4. The summed E-state index contributed by atoms with van der Waals surface area (Å²) in [5, 5.41) is 11.2. The van der Waals surface area contributed by atoms with E-state index in [4.69, 9.17) is 16.7 Å². The maximum absolute atomic E-state index is 11.6. The minimum Gasteiger partial charge on any atom is -0.478 e. The van der Waals surface area contributed by atoms with Gasteiger partial charge in [-0.05, 0) is 30.3 Å². The van der Waals surface area contributed by atoms with Crippen LogP contribution >= 0.6 is 22.9 Å². The molecular weight excluding hydrogens is 300 g/mol. The number of nitrogens with one attached hydrogen (secondary N) is 1. The third-order valence-corrected chi connectivity index (χ3v) is 3.45. The predicted octanol–water partition coefficient (Wildman–Crippen LogP) is 3.15. The summed E-state index contributed by atoms with van der Waals surface area (Å²) < 4.78 is 0.649. The van der Waals surface area contributed by atoms with E-state index in [-0.39, 0.29) is 17.3 Å². The quantitative estimate of drug-likeness (QED) is 0.850. The molecule has 2 aromatic rings. The molecule has 5 nitrogen and oxygen atoms in total. The Morgan fingerprint density at radius 2 is 2.10 bits per heavy atom. The number of halogens is 1. The molecule has 0 spiro atoms. The van der Waals surface area contributed by atoms with E-state index in [2.05, 4.69) is 10.3 Å². The number of hydrogen-bond donors (Lipinski definition) is 2. The van der Waals surface area contributed by atoms with E-state index in [0.29, 0.717) is 4.34 Å². The van der Waals surface area contributed by atoms with Gasteiger partial charge in [-0.25, -0.2) is 9.78 Å². The number of carboxylic acids is 1. The predicted molar refractivity (Wildman–Crippen MR) is 78.2 cm³/mol. The molecule has 0 fully saturated rings. The fraction of sp³-hybridized carbons (Fsp3) is 0. The van der Waals surface area contributed by atoms with Gasteiger partial charge in [0.05, 0.1) is 9.90 Å². The molecule has 1 amide bonds. The number of nitrogens with zero attached hydrogens (tertiary/aromatic N) is 1. The molecule has 7 heteroatoms. The zero-order valence-electron chi connectivity index (χ0n) is 10.0. The summed E-state index contributed by atoms with van der Waals surface area (Å²) in [5.74, 6) is -1.14. The number of carboxylic acid groups (broad SMARTS) is 1. The Morgan fingerprint density at radius 3 is 2.65 bits per heavy atom. The normalized spacial score (nSPS) is 10.7. The Bertz CT molecular complexity index is 665. The number of amides is 1. The second kappa shape index (κ2) is 6.31. The van der Waals surface area contributed by atoms with Gasteiger partial charge in [-0.1, -0.05) is 11.6 Å². The lowest BCUT2D eigenvalue weighted by Crippen LogP contribution is -2.09. The van der Waals surface area contributed by atoms with Gasteiger partial charge in [0.1, 0.15) is 5.82 Å². The lowest BCUT2D eigenvalue weighted by molar-refractivity contribution is -0.111. The zero-order valence-corrected chi connectivity index (χ0v) is 11.6. The van der Waals surface area contributed by atoms with Crippen LogP contribution in [0.3, 0.4) is 0 Å². The maximum atomic E-state index is 11.6. The highest BCUT2D eigenvalue weighted by Gasteiger charge is 2.04. The van der Waals surface area contributed by atoms with Crippen LogP contribution in [0.25, 0.3) is 6.08 Å². The SMILES string of the molecule is O=C(/C=C/c1ccc(Cl)s1)Nc1ccc(C(=O)O)cn1. The van der Waals surface area contributed by atoms with Gasteiger partial charge in [-0.2, -0.15) is 0 Å². The Morgan fingerprint density at radius 1 is 1.30 bits per heavy atom. The van der Waals surface area contributed by atoms with Crippen molar-refractivity contribution in [2.24, 2.45) is 0 Å². The average Bonchev–Trinajstić information content (AvgIpc) is 2.83. The highest BCUT2D eigenvalue weighted by atomic mass is 35.5. The molecule has 0 bridgehead atoms. The molecule has 2 N–H and O–H groups in total. The summed E-state index contributed by atoms with van der Waals surface area (Å²) in [7, 11) is 0. The van der Waals surface area contributed by atoms with E-state index in [1.54, 1.807) is 18.2 Å². The standard InChI is InChI=1S/C13H9ClN2O3S/c14-10-4-2-9(20-10)3-6-12(17)16-11-5-1-8(7-15-11)13(18)19/h1-7H,(H,18,19)(H,15,16,17)/b6-3+. The van der Waals surface area contributed by atoms with Crippen LogP contribution < -0.4 is 5.32 Å². The number of rotatable bonds is 4. The van der Waals surface area contributed by atoms with Crippen molar-refractivity contribution in [3.05, 3.63) is 51.3 Å². The molecule has 0 aromatic carbocycles. The Hall–Kier alpha value is -2.18. The number of pyridine rings is 1. The summed E-state index contributed by atoms with van der Waals surface area (Å²) in [6.45, 7) is 0. The van der Waals surface area contributed by atoms with Gasteiger partial charge < -0.3 is 10.4 Å². The second-order valence-electron chi connectivity index (χ2n) is 3.70. The van der Waals surface area contributed by atoms with Crippen LogP contribution in [0.5, 0.6) is 0 Å². The molecule has 102 valence electrons. The summed E-state index contributed by atoms with van der Waals surface area (Å²) >= 11 is 7.13. The summed E-state index contributed by atoms with van der Waals surface area (Å²) in [5.41, 5.74) is 0.0618. The van der Waals surface area contributed by atoms with Gasteiger partial charge in [-0.3, -0.25) is 4.79 Å². The number of anilines is 1. The van der Waals surface area contributed by atoms with Crippen molar-refractivity contribution in [1.29, 1.82) is 0 Å². The number of aromatic carboxylic acids is 1. The number of thiophene rings is 1. The maximum Gasteiger partial charge on any atom is 0.337 e. The molecule has 0 radical (unpaired) electrons. The smallest absolute Gasteiger partial charge is 0.337 e. The van der Waals surface area contributed by atoms with Crippen molar-refractivity contribution < 1.29 is 14.7 Å². The van der Waals surface area contributed by atoms with Crippen LogP contribution in [0.1, 0.15) is 15.2 Å². The fourth-order valence-electron chi connectivity index (χ4n) is 1.34. The molecule has 2 rings (SSSR count). The molecule has 0 saturated carbocycles. The molecule has 0 aliphatic rings. The molecule has 0 saturated heterocycles. The van der Waals surface area contributed by atoms with Crippen molar-refractivity contribution in [3.63, 3.8) is 0 Å². The Kier molecular flexibility index (Phi) is 4.49. The molecule has 20 heavy (non-hydrogen) atoms. The van der Waals surface area contributed by atoms with E-state index in [1.165, 1.54) is 35.7 Å². The molecule has 0 atom stereocenters. The fourth-order valence-corrected chi connectivity index (χ4v) is 2.30. The lowest BCUT2D eigenvalue weighted by Gasteiger charge is -2.01. The van der Waals surface area contributed by atoms with Gasteiger partial charge in [0.15, 0.2) is 0 Å². The third-order valence-electron chi connectivity index (χ3n) is 2.25. The van der Waals surface area contributed by atoms with Crippen LogP contribution in [-0.2, 0) is 4.79 Å². The number of aromatic nitrogens is 1. The summed E-state index contributed by atoms with van der Waals surface area (Å²) in [4.78, 5) is 27.0. The van der Waals surface area contributed by atoms with E-state index >= 15 is 0 Å². The van der Waals surface area contributed by atoms with Crippen LogP contribution in [-0.4, -0.2) is 22.0 Å². The zero-order chi connectivity index (χ0) is 14.5. The van der Waals surface area contributed by atoms with Gasteiger partial charge >= 0.3 is 5.97 Å². The number of carbonyl (C=O) groups excluding carboxylic acids is 1. The van der Waals surface area contributed by atoms with Gasteiger partial charge in [-0.15, -0.1) is 11.3 Å². The topological polar surface area (TPSA) is 79.3 Å². The monoisotopic (exact) mass is 308 g/mol. The lowest BCUT2D eigenvalue weighted by atomic mass is 10.3. The summed E-state index contributed by atoms with van der Waals surface area (Å²) in [6.07, 6.45) is 4.17. The van der Waals surface area contributed by atoms with Crippen LogP contribution in [0.2, 0.25) is 4.34 Å². The highest BCUT2D eigenvalue weighted by Crippen LogP contribution is 2.22. The minimum absolute atomic E-state index is 0.0618. The van der Waals surface area contributed by atoms with Crippen LogP contribution in [0.4, 0.5) is 5.82 Å². The van der Waals surface area contributed by atoms with E-state index in [9.17, 15) is 9.59 Å².